The van der Waals surface area contributed by atoms with Gasteiger partial charge in [-0.05, 0) is 43.4 Å². The monoisotopic (exact) mass is 731 g/mol. The molecule has 0 saturated carbocycles. The largest absolute Gasteiger partial charge is 0.491 e. The fraction of sp³-hybridized carbons (Fsp3) is 0.455. The van der Waals surface area contributed by atoms with E-state index in [1.807, 2.05) is 33.1 Å². The van der Waals surface area contributed by atoms with E-state index in [9.17, 15) is 14.4 Å². The third-order valence-electron chi connectivity index (χ3n) is 7.29. The first-order valence-electron chi connectivity index (χ1n) is 15.2. The van der Waals surface area contributed by atoms with Crippen LogP contribution in [0.5, 0.6) is 17.2 Å². The number of pyridine rings is 1. The number of aryl methyl sites for hydroxylation is 1. The smallest absolute Gasteiger partial charge is 0.303 e. The van der Waals surface area contributed by atoms with Crippen LogP contribution in [0.4, 0.5) is 0 Å². The Hall–Kier alpha value is -4.04. The van der Waals surface area contributed by atoms with Gasteiger partial charge in [0.1, 0.15) is 11.5 Å². The molecule has 3 heterocycles. The zero-order valence-corrected chi connectivity index (χ0v) is 29.8. The Kier molecular flexibility index (Phi) is 13.3. The van der Waals surface area contributed by atoms with Crippen molar-refractivity contribution in [1.29, 1.82) is 5.41 Å². The van der Waals surface area contributed by atoms with Gasteiger partial charge in [0.15, 0.2) is 28.7 Å². The molecule has 254 valence electrons. The number of aromatic nitrogens is 2. The number of ether oxygens (including phenoxy) is 3. The number of rotatable bonds is 16. The van der Waals surface area contributed by atoms with E-state index < -0.39 is 17.3 Å². The number of carbonyl (C=O) groups excluding carboxylic acids is 2. The molecule has 0 radical (unpaired) electrons. The molecule has 3 N–H and O–H groups in total. The van der Waals surface area contributed by atoms with Crippen molar-refractivity contribution in [2.24, 2.45) is 0 Å². The third-order valence-corrected chi connectivity index (χ3v) is 8.13. The molecule has 1 amide bonds. The van der Waals surface area contributed by atoms with Crippen LogP contribution >= 0.6 is 28.3 Å². The zero-order valence-electron chi connectivity index (χ0n) is 27.3. The lowest BCUT2D eigenvalue weighted by atomic mass is 9.84. The number of fused-ring (bicyclic) bond motifs is 1. The van der Waals surface area contributed by atoms with Gasteiger partial charge in [0.05, 0.1) is 31.4 Å². The van der Waals surface area contributed by atoms with Gasteiger partial charge in [-0.1, -0.05) is 20.8 Å². The molecule has 4 rings (SSSR count). The molecule has 1 aliphatic heterocycles. The number of hydrogen-bond acceptors (Lipinski definition) is 10. The molecule has 12 nitrogen and oxygen atoms in total. The second kappa shape index (κ2) is 16.7. The number of benzene rings is 1. The molecule has 0 atom stereocenters. The molecular formula is C33H42BrN5O7S. The van der Waals surface area contributed by atoms with Crippen molar-refractivity contribution >= 4 is 51.8 Å². The molecule has 1 aliphatic rings. The summed E-state index contributed by atoms with van der Waals surface area (Å²) in [6.07, 6.45) is 3.51. The van der Waals surface area contributed by atoms with Crippen molar-refractivity contribution in [3.63, 3.8) is 0 Å². The zero-order chi connectivity index (χ0) is 33.4. The highest BCUT2D eigenvalue weighted by Crippen LogP contribution is 2.41. The summed E-state index contributed by atoms with van der Waals surface area (Å²) in [6.45, 7) is 8.87. The summed E-state index contributed by atoms with van der Waals surface area (Å²) in [4.78, 5) is 47.7. The number of hydrogen-bond donors (Lipinski definition) is 3. The van der Waals surface area contributed by atoms with Crippen molar-refractivity contribution < 1.29 is 33.7 Å². The number of thiazole rings is 1. The highest BCUT2D eigenvalue weighted by Gasteiger charge is 2.32. The van der Waals surface area contributed by atoms with Gasteiger partial charge in [0.2, 0.25) is 0 Å². The fourth-order valence-corrected chi connectivity index (χ4v) is 5.66. The third kappa shape index (κ3) is 9.50. The number of nitrogens with one attached hydrogen (secondary N) is 2. The first-order chi connectivity index (χ1) is 21.9. The van der Waals surface area contributed by atoms with E-state index in [2.05, 4.69) is 15.3 Å². The second-order valence-corrected chi connectivity index (χ2v) is 12.8. The Balaban J connectivity index is 0.00000600. The molecule has 0 aliphatic carbocycles. The van der Waals surface area contributed by atoms with E-state index in [4.69, 9.17) is 24.7 Å². The summed E-state index contributed by atoms with van der Waals surface area (Å²) < 4.78 is 18.0. The van der Waals surface area contributed by atoms with Crippen LogP contribution in [0.3, 0.4) is 0 Å². The number of amides is 1. The average molecular weight is 733 g/mol. The number of amidine groups is 1. The van der Waals surface area contributed by atoms with E-state index in [-0.39, 0.29) is 60.4 Å². The van der Waals surface area contributed by atoms with Crippen molar-refractivity contribution in [2.75, 3.05) is 33.4 Å². The first kappa shape index (κ1) is 37.4. The van der Waals surface area contributed by atoms with E-state index in [0.717, 1.165) is 17.0 Å². The highest BCUT2D eigenvalue weighted by molar-refractivity contribution is 8.93. The van der Waals surface area contributed by atoms with Crippen molar-refractivity contribution in [1.82, 2.24) is 20.2 Å². The highest BCUT2D eigenvalue weighted by atomic mass is 79.9. The van der Waals surface area contributed by atoms with Crippen LogP contribution in [0, 0.1) is 5.41 Å². The lowest BCUT2D eigenvalue weighted by Crippen LogP contribution is -2.31. The molecule has 2 aromatic heterocycles. The fourth-order valence-electron chi connectivity index (χ4n) is 5.00. The number of Topliss-reactive ketones (excluding diaryl/α,β-unsaturated/α-hetero) is 1. The van der Waals surface area contributed by atoms with Crippen LogP contribution in [0.25, 0.3) is 0 Å². The second-order valence-electron chi connectivity index (χ2n) is 11.8. The Morgan fingerprint density at radius 1 is 1.09 bits per heavy atom. The van der Waals surface area contributed by atoms with Crippen LogP contribution in [-0.2, 0) is 23.2 Å². The molecule has 0 unspecified atom stereocenters. The summed E-state index contributed by atoms with van der Waals surface area (Å²) in [5.74, 6) is -0.292. The summed E-state index contributed by atoms with van der Waals surface area (Å²) in [6, 6.07) is 5.16. The predicted molar refractivity (Wildman–Crippen MR) is 184 cm³/mol. The first-order valence-corrected chi connectivity index (χ1v) is 16.1. The lowest BCUT2D eigenvalue weighted by molar-refractivity contribution is -0.137. The molecule has 0 bridgehead atoms. The summed E-state index contributed by atoms with van der Waals surface area (Å²) in [5, 5.41) is 23.3. The van der Waals surface area contributed by atoms with Crippen LogP contribution in [0.15, 0.2) is 29.8 Å². The standard InChI is InChI=1S/C33H41N5O7S.BrH/c1-6-43-24-17-21-18-38(31(34)28(21)37-29(24)32(42)35-5)19-23(39)20-15-22(33(2,3)4)30(45-13-8-10-27(40)41)25(16-20)44-12-7-9-26-36-11-14-46-26;/h11,14-17,34H,6-10,12-13,18-19H2,1-5H3,(H,35,42)(H,40,41);1H. The molecule has 14 heteroatoms. The van der Waals surface area contributed by atoms with Gasteiger partial charge in [-0.3, -0.25) is 19.8 Å². The van der Waals surface area contributed by atoms with Crippen molar-refractivity contribution in [3.8, 4) is 17.2 Å². The van der Waals surface area contributed by atoms with E-state index in [1.165, 1.54) is 7.05 Å². The minimum Gasteiger partial charge on any atom is -0.491 e. The van der Waals surface area contributed by atoms with Gasteiger partial charge in [0.25, 0.3) is 5.91 Å². The van der Waals surface area contributed by atoms with Crippen LogP contribution < -0.4 is 19.5 Å². The summed E-state index contributed by atoms with van der Waals surface area (Å²) >= 11 is 1.58. The molecule has 0 fully saturated rings. The number of carboxylic acids is 1. The number of ketones is 1. The quantitative estimate of drug-likeness (QED) is 0.127. The number of nitrogens with zero attached hydrogens (tertiary/aromatic N) is 3. The minimum atomic E-state index is -0.900. The average Bonchev–Trinajstić information content (AvgIpc) is 3.63. The van der Waals surface area contributed by atoms with Gasteiger partial charge in [-0.2, -0.15) is 0 Å². The molecule has 0 spiro atoms. The SMILES string of the molecule is Br.CCOc1cc2c(nc1C(=O)NC)C(=N)N(CC(=O)c1cc(OCCCc3nccs3)c(OCCCC(=O)O)c(C(C)(C)C)c1)C2. The molecular weight excluding hydrogens is 690 g/mol. The predicted octanol–water partition coefficient (Wildman–Crippen LogP) is 5.45. The maximum Gasteiger partial charge on any atom is 0.303 e. The van der Waals surface area contributed by atoms with Crippen LogP contribution in [0.2, 0.25) is 0 Å². The van der Waals surface area contributed by atoms with Gasteiger partial charge in [-0.15, -0.1) is 28.3 Å². The molecule has 0 saturated heterocycles. The Morgan fingerprint density at radius 2 is 1.83 bits per heavy atom. The number of carbonyl (C=O) groups is 3. The van der Waals surface area contributed by atoms with Crippen LogP contribution in [-0.4, -0.2) is 76.9 Å². The van der Waals surface area contributed by atoms with E-state index >= 15 is 0 Å². The van der Waals surface area contributed by atoms with E-state index in [1.54, 1.807) is 40.6 Å². The van der Waals surface area contributed by atoms with Crippen molar-refractivity contribution in [3.05, 3.63) is 62.9 Å². The normalized spacial score (nSPS) is 12.3. The summed E-state index contributed by atoms with van der Waals surface area (Å²) in [5.41, 5.74) is 1.82. The number of aliphatic carboxylic acids is 1. The molecule has 3 aromatic rings. The van der Waals surface area contributed by atoms with Gasteiger partial charge < -0.3 is 29.5 Å². The molecule has 1 aromatic carbocycles. The Bertz CT molecular complexity index is 1590. The maximum atomic E-state index is 13.8. The lowest BCUT2D eigenvalue weighted by Gasteiger charge is -2.26. The maximum absolute atomic E-state index is 13.8. The topological polar surface area (TPSA) is 164 Å². The Labute approximate surface area is 289 Å². The Morgan fingerprint density at radius 3 is 2.47 bits per heavy atom. The minimum absolute atomic E-state index is 0. The summed E-state index contributed by atoms with van der Waals surface area (Å²) in [7, 11) is 1.50. The van der Waals surface area contributed by atoms with Crippen LogP contribution in [0.1, 0.15) is 89.6 Å². The molecule has 47 heavy (non-hydrogen) atoms. The van der Waals surface area contributed by atoms with Gasteiger partial charge in [-0.25, -0.2) is 9.97 Å². The van der Waals surface area contributed by atoms with E-state index in [0.29, 0.717) is 60.1 Å². The number of carboxylic acid groups (broad SMARTS) is 1. The van der Waals surface area contributed by atoms with Gasteiger partial charge >= 0.3 is 5.97 Å². The van der Waals surface area contributed by atoms with Gasteiger partial charge in [0, 0.05) is 54.7 Å². The number of halogens is 1. The van der Waals surface area contributed by atoms with Crippen molar-refractivity contribution in [2.45, 2.75) is 65.3 Å².